The Balaban J connectivity index is 0.00000131. The number of aromatic amines is 2. The Kier molecular flexibility index (Phi) is 6.01. The summed E-state index contributed by atoms with van der Waals surface area (Å²) in [4.78, 5) is 36.8. The fraction of sp³-hybridized carbons (Fsp3) is 0. The third-order valence-electron chi connectivity index (χ3n) is 7.46. The number of H-pyrrole nitrogens is 2. The molecule has 42 heavy (non-hydrogen) atoms. The zero-order valence-corrected chi connectivity index (χ0v) is 25.9. The Bertz CT molecular complexity index is 2040. The van der Waals surface area contributed by atoms with Gasteiger partial charge in [0.05, 0.1) is 0 Å². The van der Waals surface area contributed by atoms with E-state index in [1.54, 1.807) is 0 Å². The first-order valence-corrected chi connectivity index (χ1v) is 17.4. The maximum Gasteiger partial charge on any atom is 0.164 e. The molecular weight excluding hydrogens is 647 g/mol. The molecule has 0 atom stereocenters. The Hall–Kier alpha value is -4.60. The summed E-state index contributed by atoms with van der Waals surface area (Å²) in [5.74, 6) is 2.39. The summed E-state index contributed by atoms with van der Waals surface area (Å²) in [5, 5.41) is 3.82. The third-order valence-corrected chi connectivity index (χ3v) is 7.46. The number of aromatic nitrogens is 8. The molecule has 0 spiro atoms. The van der Waals surface area contributed by atoms with Crippen molar-refractivity contribution >= 4 is 75.9 Å². The molecule has 0 saturated heterocycles. The number of benzene rings is 4. The van der Waals surface area contributed by atoms with Crippen molar-refractivity contribution in [3.05, 3.63) is 97.1 Å². The average molecular weight is 665 g/mol. The number of rotatable bonds is 0. The van der Waals surface area contributed by atoms with Gasteiger partial charge in [-0.25, -0.2) is 29.9 Å². The Morgan fingerprint density at radius 1 is 0.357 bits per heavy atom. The fourth-order valence-corrected chi connectivity index (χ4v) is 5.59. The van der Waals surface area contributed by atoms with E-state index in [0.717, 1.165) is 67.0 Å². The second-order valence-corrected chi connectivity index (χ2v) is 9.79. The van der Waals surface area contributed by atoms with Crippen LogP contribution in [0.4, 0.5) is 0 Å². The molecule has 0 unspecified atom stereocenters. The van der Waals surface area contributed by atoms with Crippen molar-refractivity contribution in [2.45, 2.75) is 0 Å². The molecule has 0 amide bonds. The van der Waals surface area contributed by atoms with E-state index in [2.05, 4.69) is 9.97 Å². The number of hydrogen-bond donors (Lipinski definition) is 2. The van der Waals surface area contributed by atoms with Crippen molar-refractivity contribution in [3.8, 4) is 45.6 Å². The van der Waals surface area contributed by atoms with Crippen molar-refractivity contribution in [1.29, 1.82) is 0 Å². The molecule has 10 heteroatoms. The minimum absolute atomic E-state index is 0.597. The van der Waals surface area contributed by atoms with Crippen molar-refractivity contribution < 1.29 is 0 Å². The maximum atomic E-state index is 5.02. The smallest absolute Gasteiger partial charge is 0.164 e. The van der Waals surface area contributed by atoms with E-state index in [0.29, 0.717) is 45.9 Å². The summed E-state index contributed by atoms with van der Waals surface area (Å²) >= 11 is 0.822. The first kappa shape index (κ1) is 25.1. The Morgan fingerprint density at radius 2 is 0.595 bits per heavy atom. The fourth-order valence-electron chi connectivity index (χ4n) is 5.59. The quantitative estimate of drug-likeness (QED) is 0.178. The van der Waals surface area contributed by atoms with Crippen LogP contribution < -0.4 is 0 Å². The molecule has 196 valence electrons. The van der Waals surface area contributed by atoms with Crippen LogP contribution in [0.25, 0.3) is 89.7 Å². The van der Waals surface area contributed by atoms with Gasteiger partial charge in [0.2, 0.25) is 0 Å². The van der Waals surface area contributed by atoms with Crippen LogP contribution in [0.3, 0.4) is 0 Å². The van der Waals surface area contributed by atoms with Gasteiger partial charge in [0, 0.05) is 43.8 Å². The van der Waals surface area contributed by atoms with Crippen LogP contribution in [0.1, 0.15) is 0 Å². The average Bonchev–Trinajstić information content (AvgIpc) is 3.78. The Morgan fingerprint density at radius 3 is 0.857 bits per heavy atom. The van der Waals surface area contributed by atoms with Crippen LogP contribution in [0.5, 0.6) is 0 Å². The molecule has 2 aliphatic heterocycles. The molecule has 8 nitrogen and oxygen atoms in total. The molecule has 5 heterocycles. The molecule has 0 aliphatic carbocycles. The van der Waals surface area contributed by atoms with Gasteiger partial charge in [0.15, 0.2) is 23.3 Å². The summed E-state index contributed by atoms with van der Waals surface area (Å²) < 4.78 is 0. The first-order valence-electron chi connectivity index (χ1n) is 13.2. The topological polar surface area (TPSA) is 109 Å². The molecule has 9 rings (SSSR count). The molecule has 0 fully saturated rings. The summed E-state index contributed by atoms with van der Waals surface area (Å²) in [5.41, 5.74) is 6.45. The van der Waals surface area contributed by atoms with Gasteiger partial charge in [-0.3, -0.25) is 0 Å². The van der Waals surface area contributed by atoms with E-state index in [1.165, 1.54) is 0 Å². The SMILES string of the molecule is [Cl][In].c1ccc2c(c1)-c1nc-2nc2[nH]c(nc3nc(nc4[nH]c(n1)c1ccccc41)-c1ccccc1-3)c1ccccc21. The van der Waals surface area contributed by atoms with Crippen LogP contribution in [0, 0.1) is 0 Å². The molecule has 2 N–H and O–H groups in total. The molecule has 8 bridgehead atoms. The van der Waals surface area contributed by atoms with Gasteiger partial charge in [0.1, 0.15) is 22.6 Å². The normalized spacial score (nSPS) is 11.5. The number of halogens is 1. The van der Waals surface area contributed by atoms with Gasteiger partial charge >= 0.3 is 31.8 Å². The van der Waals surface area contributed by atoms with Gasteiger partial charge < -0.3 is 9.97 Å². The summed E-state index contributed by atoms with van der Waals surface area (Å²) in [6.45, 7) is 0. The number of nitrogens with one attached hydrogen (secondary N) is 2. The minimum atomic E-state index is 0.597. The summed E-state index contributed by atoms with van der Waals surface area (Å²) in [6, 6.07) is 32.2. The standard InChI is InChI=1S/C32H18N8.ClH.In/c1-2-10-18-17(9-1)25-33-26(18)38-28-21-13-5-6-14-22(21)30(35-28)40-32-24-16-8-7-15-23(24)31(36-32)39-29-20-12-4-3-11-19(20)27(34-29)37-25;;/h1-16H,(H2,33,34,35,36,37,38,39,40);1H;/q;;+1/p-1. The van der Waals surface area contributed by atoms with Gasteiger partial charge in [0.25, 0.3) is 0 Å². The van der Waals surface area contributed by atoms with Crippen LogP contribution >= 0.6 is 8.58 Å². The summed E-state index contributed by atoms with van der Waals surface area (Å²) in [7, 11) is 4.77. The summed E-state index contributed by atoms with van der Waals surface area (Å²) in [6.07, 6.45) is 0. The van der Waals surface area contributed by atoms with E-state index < -0.39 is 0 Å². The van der Waals surface area contributed by atoms with Crippen LogP contribution in [-0.2, 0) is 0 Å². The largest absolute Gasteiger partial charge is 0.324 e. The van der Waals surface area contributed by atoms with Crippen LogP contribution in [-0.4, -0.2) is 63.1 Å². The van der Waals surface area contributed by atoms with E-state index in [9.17, 15) is 0 Å². The second kappa shape index (κ2) is 10.0. The molecular formula is C32H18ClInN8. The van der Waals surface area contributed by atoms with E-state index in [-0.39, 0.29) is 0 Å². The maximum absolute atomic E-state index is 5.02. The molecule has 0 saturated carbocycles. The molecule has 2 radical (unpaired) electrons. The van der Waals surface area contributed by atoms with Crippen molar-refractivity contribution in [2.75, 3.05) is 0 Å². The minimum Gasteiger partial charge on any atom is -0.324 e. The zero-order valence-electron chi connectivity index (χ0n) is 21.9. The predicted octanol–water partition coefficient (Wildman–Crippen LogP) is 7.18. The first-order chi connectivity index (χ1) is 20.8. The molecule has 3 aromatic heterocycles. The number of fused-ring (bicyclic) bond motifs is 20. The van der Waals surface area contributed by atoms with Crippen molar-refractivity contribution in [2.24, 2.45) is 0 Å². The monoisotopic (exact) mass is 664 g/mol. The van der Waals surface area contributed by atoms with Crippen molar-refractivity contribution in [1.82, 2.24) is 39.9 Å². The molecule has 4 aromatic carbocycles. The number of hydrogen-bond acceptors (Lipinski definition) is 6. The Labute approximate surface area is 257 Å². The van der Waals surface area contributed by atoms with Crippen LogP contribution in [0.2, 0.25) is 0 Å². The van der Waals surface area contributed by atoms with Crippen molar-refractivity contribution in [3.63, 3.8) is 0 Å². The van der Waals surface area contributed by atoms with E-state index >= 15 is 0 Å². The van der Waals surface area contributed by atoms with E-state index in [1.807, 2.05) is 97.1 Å². The van der Waals surface area contributed by atoms with Gasteiger partial charge in [-0.15, -0.1) is 0 Å². The number of nitrogens with zero attached hydrogens (tertiary/aromatic N) is 6. The molecule has 2 aliphatic rings. The van der Waals surface area contributed by atoms with Gasteiger partial charge in [-0.1, -0.05) is 97.1 Å². The predicted molar refractivity (Wildman–Crippen MR) is 168 cm³/mol. The molecule has 7 aromatic rings. The van der Waals surface area contributed by atoms with E-state index in [4.69, 9.17) is 38.5 Å². The third kappa shape index (κ3) is 3.92. The second-order valence-electron chi connectivity index (χ2n) is 9.79. The van der Waals surface area contributed by atoms with Gasteiger partial charge in [-0.2, -0.15) is 0 Å². The van der Waals surface area contributed by atoms with Crippen LogP contribution in [0.15, 0.2) is 97.1 Å². The van der Waals surface area contributed by atoms with Gasteiger partial charge in [-0.05, 0) is 0 Å². The zero-order chi connectivity index (χ0) is 28.2.